The standard InChI is InChI=1S/C6H15N.C2H6/c1-3-4-5-6(2)7;1-2/h6H,3-5,7H2,1-2H3;1-2H3. The average molecular weight is 131 g/mol. The third kappa shape index (κ3) is 18.0. The number of rotatable bonds is 3. The molecule has 0 amide bonds. The van der Waals surface area contributed by atoms with Crippen LogP contribution in [-0.2, 0) is 0 Å². The van der Waals surface area contributed by atoms with Crippen molar-refractivity contribution in [3.63, 3.8) is 0 Å². The van der Waals surface area contributed by atoms with E-state index in [0.717, 1.165) is 0 Å². The van der Waals surface area contributed by atoms with E-state index in [2.05, 4.69) is 13.8 Å². The summed E-state index contributed by atoms with van der Waals surface area (Å²) < 4.78 is 0. The largest absolute Gasteiger partial charge is 0.328 e. The minimum Gasteiger partial charge on any atom is -0.328 e. The average Bonchev–Trinajstić information content (AvgIpc) is 1.88. The zero-order chi connectivity index (χ0) is 7.70. The lowest BCUT2D eigenvalue weighted by atomic mass is 10.2. The number of unbranched alkanes of at least 4 members (excludes halogenated alkanes) is 1. The van der Waals surface area contributed by atoms with Crippen molar-refractivity contribution in [1.29, 1.82) is 0 Å². The summed E-state index contributed by atoms with van der Waals surface area (Å²) in [6.45, 7) is 8.23. The fourth-order valence-electron chi connectivity index (χ4n) is 0.526. The van der Waals surface area contributed by atoms with Crippen molar-refractivity contribution in [2.45, 2.75) is 53.0 Å². The van der Waals surface area contributed by atoms with E-state index in [1.165, 1.54) is 19.3 Å². The van der Waals surface area contributed by atoms with E-state index in [1.54, 1.807) is 0 Å². The molecule has 0 rings (SSSR count). The van der Waals surface area contributed by atoms with Gasteiger partial charge in [-0.25, -0.2) is 0 Å². The summed E-state index contributed by atoms with van der Waals surface area (Å²) in [6, 6.07) is 0.403. The fourth-order valence-corrected chi connectivity index (χ4v) is 0.526. The highest BCUT2D eigenvalue weighted by Crippen LogP contribution is 1.95. The first-order valence-electron chi connectivity index (χ1n) is 4.03. The van der Waals surface area contributed by atoms with Gasteiger partial charge in [-0.05, 0) is 13.3 Å². The summed E-state index contributed by atoms with van der Waals surface area (Å²) in [6.07, 6.45) is 3.72. The number of hydrogen-bond acceptors (Lipinski definition) is 1. The van der Waals surface area contributed by atoms with E-state index in [1.807, 2.05) is 13.8 Å². The van der Waals surface area contributed by atoms with Crippen LogP contribution in [0.2, 0.25) is 0 Å². The first kappa shape index (κ1) is 11.7. The van der Waals surface area contributed by atoms with Crippen molar-refractivity contribution in [3.05, 3.63) is 0 Å². The Labute approximate surface area is 59.6 Å². The summed E-state index contributed by atoms with van der Waals surface area (Å²) in [5.74, 6) is 0. The summed E-state index contributed by atoms with van der Waals surface area (Å²) in [5, 5.41) is 0. The van der Waals surface area contributed by atoms with E-state index in [-0.39, 0.29) is 0 Å². The molecule has 2 N–H and O–H groups in total. The van der Waals surface area contributed by atoms with Crippen LogP contribution in [0.15, 0.2) is 0 Å². The van der Waals surface area contributed by atoms with Crippen molar-refractivity contribution >= 4 is 0 Å². The Hall–Kier alpha value is -0.0400. The highest BCUT2D eigenvalue weighted by molar-refractivity contribution is 4.50. The third-order valence-corrected chi connectivity index (χ3v) is 1.01. The Morgan fingerprint density at radius 1 is 1.33 bits per heavy atom. The predicted octanol–water partition coefficient (Wildman–Crippen LogP) is 2.55. The normalized spacial score (nSPS) is 11.7. The van der Waals surface area contributed by atoms with E-state index in [9.17, 15) is 0 Å². The second-order valence-corrected chi connectivity index (χ2v) is 2.12. The molecule has 0 spiro atoms. The topological polar surface area (TPSA) is 26.0 Å². The van der Waals surface area contributed by atoms with Crippen LogP contribution in [0.3, 0.4) is 0 Å². The van der Waals surface area contributed by atoms with Gasteiger partial charge in [-0.2, -0.15) is 0 Å². The molecule has 58 valence electrons. The molecule has 0 saturated heterocycles. The lowest BCUT2D eigenvalue weighted by Crippen LogP contribution is -2.13. The molecule has 0 fully saturated rings. The summed E-state index contributed by atoms with van der Waals surface area (Å²) in [5.41, 5.74) is 5.48. The molecular weight excluding hydrogens is 110 g/mol. The van der Waals surface area contributed by atoms with Gasteiger partial charge in [-0.15, -0.1) is 0 Å². The van der Waals surface area contributed by atoms with Gasteiger partial charge >= 0.3 is 0 Å². The first-order chi connectivity index (χ1) is 4.27. The van der Waals surface area contributed by atoms with Crippen LogP contribution >= 0.6 is 0 Å². The van der Waals surface area contributed by atoms with Crippen LogP contribution in [0.4, 0.5) is 0 Å². The van der Waals surface area contributed by atoms with Crippen molar-refractivity contribution in [2.24, 2.45) is 5.73 Å². The maximum atomic E-state index is 5.48. The van der Waals surface area contributed by atoms with Crippen LogP contribution in [0.25, 0.3) is 0 Å². The Bertz CT molecular complexity index is 33.5. The molecule has 0 bridgehead atoms. The SMILES string of the molecule is CC.CCCCC(C)N. The second kappa shape index (κ2) is 10.9. The zero-order valence-electron chi connectivity index (χ0n) is 7.28. The summed E-state index contributed by atoms with van der Waals surface area (Å²) in [4.78, 5) is 0. The van der Waals surface area contributed by atoms with Crippen LogP contribution in [0, 0.1) is 0 Å². The molecule has 0 aromatic carbocycles. The number of hydrogen-bond donors (Lipinski definition) is 1. The molecule has 0 saturated carbocycles. The molecule has 0 heterocycles. The van der Waals surface area contributed by atoms with E-state index < -0.39 is 0 Å². The van der Waals surface area contributed by atoms with Crippen molar-refractivity contribution < 1.29 is 0 Å². The highest BCUT2D eigenvalue weighted by atomic mass is 14.6. The van der Waals surface area contributed by atoms with Gasteiger partial charge in [0, 0.05) is 6.04 Å². The maximum Gasteiger partial charge on any atom is 0.00104 e. The maximum absolute atomic E-state index is 5.48. The van der Waals surface area contributed by atoms with E-state index in [4.69, 9.17) is 5.73 Å². The molecule has 1 unspecified atom stereocenters. The van der Waals surface area contributed by atoms with Gasteiger partial charge in [0.05, 0.1) is 0 Å². The summed E-state index contributed by atoms with van der Waals surface area (Å²) >= 11 is 0. The van der Waals surface area contributed by atoms with Crippen LogP contribution < -0.4 is 5.73 Å². The second-order valence-electron chi connectivity index (χ2n) is 2.12. The molecule has 1 heteroatoms. The Morgan fingerprint density at radius 2 is 1.78 bits per heavy atom. The lowest BCUT2D eigenvalue weighted by Gasteiger charge is -1.99. The van der Waals surface area contributed by atoms with Crippen molar-refractivity contribution in [2.75, 3.05) is 0 Å². The van der Waals surface area contributed by atoms with Crippen molar-refractivity contribution in [1.82, 2.24) is 0 Å². The van der Waals surface area contributed by atoms with Crippen LogP contribution in [-0.4, -0.2) is 6.04 Å². The smallest absolute Gasteiger partial charge is 0.00104 e. The Balaban J connectivity index is 0. The Morgan fingerprint density at radius 3 is 1.89 bits per heavy atom. The number of nitrogens with two attached hydrogens (primary N) is 1. The molecule has 0 aliphatic rings. The summed E-state index contributed by atoms with van der Waals surface area (Å²) in [7, 11) is 0. The van der Waals surface area contributed by atoms with Gasteiger partial charge in [0.25, 0.3) is 0 Å². The monoisotopic (exact) mass is 131 g/mol. The van der Waals surface area contributed by atoms with Gasteiger partial charge < -0.3 is 5.73 Å². The van der Waals surface area contributed by atoms with Gasteiger partial charge in [0.1, 0.15) is 0 Å². The lowest BCUT2D eigenvalue weighted by molar-refractivity contribution is 0.616. The Kier molecular flexibility index (Phi) is 14.1. The molecule has 0 aliphatic heterocycles. The van der Waals surface area contributed by atoms with Crippen LogP contribution in [0.5, 0.6) is 0 Å². The van der Waals surface area contributed by atoms with Gasteiger partial charge in [0.2, 0.25) is 0 Å². The van der Waals surface area contributed by atoms with Gasteiger partial charge in [-0.1, -0.05) is 33.6 Å². The molecule has 9 heavy (non-hydrogen) atoms. The molecular formula is C8H21N. The fraction of sp³-hybridized carbons (Fsp3) is 1.00. The molecule has 0 aromatic rings. The molecule has 0 aromatic heterocycles. The molecule has 0 aliphatic carbocycles. The van der Waals surface area contributed by atoms with Crippen molar-refractivity contribution in [3.8, 4) is 0 Å². The third-order valence-electron chi connectivity index (χ3n) is 1.01. The van der Waals surface area contributed by atoms with Crippen LogP contribution in [0.1, 0.15) is 47.0 Å². The molecule has 1 atom stereocenters. The van der Waals surface area contributed by atoms with Gasteiger partial charge in [-0.3, -0.25) is 0 Å². The van der Waals surface area contributed by atoms with E-state index in [0.29, 0.717) is 6.04 Å². The van der Waals surface area contributed by atoms with E-state index >= 15 is 0 Å². The quantitative estimate of drug-likeness (QED) is 0.626. The minimum atomic E-state index is 0.403. The highest BCUT2D eigenvalue weighted by Gasteiger charge is 1.88. The zero-order valence-corrected chi connectivity index (χ0v) is 7.28. The predicted molar refractivity (Wildman–Crippen MR) is 44.5 cm³/mol. The molecule has 1 nitrogen and oxygen atoms in total. The molecule has 0 radical (unpaired) electrons. The first-order valence-corrected chi connectivity index (χ1v) is 4.03. The van der Waals surface area contributed by atoms with Gasteiger partial charge in [0.15, 0.2) is 0 Å². The minimum absolute atomic E-state index is 0.403.